The zero-order valence-corrected chi connectivity index (χ0v) is 15.3. The Morgan fingerprint density at radius 1 is 1.00 bits per heavy atom. The third-order valence-corrected chi connectivity index (χ3v) is 5.25. The van der Waals surface area contributed by atoms with E-state index in [2.05, 4.69) is 10.2 Å². The lowest BCUT2D eigenvalue weighted by Crippen LogP contribution is -2.35. The standard InChI is InChI=1S/C22H22N2O3/c1-2-24(12-14-10-11-14)13-19(25)23-18-9-5-8-17-20(18)22(27)16-7-4-3-6-15(16)21(17)26/h3-9,14H,2,10-13H2,1H3,(H,23,25). The number of carbonyl (C=O) groups is 3. The number of likely N-dealkylation sites (N-methyl/N-ethyl adjacent to an activating group) is 1. The highest BCUT2D eigenvalue weighted by Gasteiger charge is 2.32. The second kappa shape index (κ2) is 7.08. The number of carbonyl (C=O) groups excluding carboxylic acids is 3. The molecule has 1 fully saturated rings. The summed E-state index contributed by atoms with van der Waals surface area (Å²) in [7, 11) is 0. The van der Waals surface area contributed by atoms with E-state index in [1.807, 2.05) is 6.92 Å². The van der Waals surface area contributed by atoms with Gasteiger partial charge in [-0.05, 0) is 31.4 Å². The molecule has 1 N–H and O–H groups in total. The van der Waals surface area contributed by atoms with E-state index >= 15 is 0 Å². The molecule has 138 valence electrons. The van der Waals surface area contributed by atoms with Gasteiger partial charge in [-0.2, -0.15) is 0 Å². The van der Waals surface area contributed by atoms with Gasteiger partial charge in [-0.1, -0.05) is 43.3 Å². The lowest BCUT2D eigenvalue weighted by molar-refractivity contribution is -0.117. The van der Waals surface area contributed by atoms with E-state index in [-0.39, 0.29) is 24.0 Å². The van der Waals surface area contributed by atoms with Crippen molar-refractivity contribution < 1.29 is 14.4 Å². The van der Waals surface area contributed by atoms with E-state index in [1.165, 1.54) is 12.8 Å². The molecule has 2 aliphatic carbocycles. The number of anilines is 1. The van der Waals surface area contributed by atoms with Crippen molar-refractivity contribution in [1.82, 2.24) is 4.90 Å². The number of hydrogen-bond acceptors (Lipinski definition) is 4. The molecule has 0 heterocycles. The first-order valence-electron chi connectivity index (χ1n) is 9.42. The molecule has 0 radical (unpaired) electrons. The molecule has 0 spiro atoms. The third-order valence-electron chi connectivity index (χ3n) is 5.25. The maximum atomic E-state index is 13.0. The summed E-state index contributed by atoms with van der Waals surface area (Å²) in [5.74, 6) is 0.143. The van der Waals surface area contributed by atoms with Crippen LogP contribution in [-0.4, -0.2) is 42.0 Å². The Morgan fingerprint density at radius 3 is 2.33 bits per heavy atom. The molecule has 2 aromatic rings. The number of benzene rings is 2. The van der Waals surface area contributed by atoms with Gasteiger partial charge in [0.05, 0.1) is 17.8 Å². The average Bonchev–Trinajstić information content (AvgIpc) is 3.49. The topological polar surface area (TPSA) is 66.5 Å². The van der Waals surface area contributed by atoms with Crippen molar-refractivity contribution in [2.24, 2.45) is 5.92 Å². The summed E-state index contributed by atoms with van der Waals surface area (Å²) in [5.41, 5.74) is 1.86. The number of hydrogen-bond donors (Lipinski definition) is 1. The number of ketones is 2. The fourth-order valence-electron chi connectivity index (χ4n) is 3.61. The van der Waals surface area contributed by atoms with Crippen molar-refractivity contribution in [3.63, 3.8) is 0 Å². The minimum absolute atomic E-state index is 0.162. The lowest BCUT2D eigenvalue weighted by Gasteiger charge is -2.22. The van der Waals surface area contributed by atoms with Gasteiger partial charge in [-0.15, -0.1) is 0 Å². The molecule has 0 bridgehead atoms. The van der Waals surface area contributed by atoms with Crippen LogP contribution in [0.15, 0.2) is 42.5 Å². The summed E-state index contributed by atoms with van der Waals surface area (Å²) < 4.78 is 0. The molecule has 2 aromatic carbocycles. The van der Waals surface area contributed by atoms with Gasteiger partial charge in [0.25, 0.3) is 0 Å². The Balaban J connectivity index is 1.59. The van der Waals surface area contributed by atoms with Crippen LogP contribution in [0.25, 0.3) is 0 Å². The smallest absolute Gasteiger partial charge is 0.238 e. The van der Waals surface area contributed by atoms with Gasteiger partial charge in [0.1, 0.15) is 0 Å². The van der Waals surface area contributed by atoms with E-state index < -0.39 is 0 Å². The summed E-state index contributed by atoms with van der Waals surface area (Å²) in [6, 6.07) is 11.9. The normalized spacial score (nSPS) is 15.5. The predicted molar refractivity (Wildman–Crippen MR) is 103 cm³/mol. The largest absolute Gasteiger partial charge is 0.324 e. The quantitative estimate of drug-likeness (QED) is 0.732. The van der Waals surface area contributed by atoms with Crippen molar-refractivity contribution in [1.29, 1.82) is 0 Å². The van der Waals surface area contributed by atoms with Gasteiger partial charge in [-0.3, -0.25) is 19.3 Å². The Labute approximate surface area is 158 Å². The molecular weight excluding hydrogens is 340 g/mol. The molecule has 0 saturated heterocycles. The highest BCUT2D eigenvalue weighted by molar-refractivity contribution is 6.30. The Morgan fingerprint density at radius 2 is 1.67 bits per heavy atom. The van der Waals surface area contributed by atoms with Crippen LogP contribution in [0.5, 0.6) is 0 Å². The summed E-state index contributed by atoms with van der Waals surface area (Å²) in [6.07, 6.45) is 2.47. The van der Waals surface area contributed by atoms with Crippen LogP contribution in [0.3, 0.4) is 0 Å². The minimum atomic E-state index is -0.221. The van der Waals surface area contributed by atoms with Gasteiger partial charge in [0.15, 0.2) is 11.6 Å². The number of rotatable bonds is 6. The first-order chi connectivity index (χ1) is 13.1. The van der Waals surface area contributed by atoms with Crippen molar-refractivity contribution >= 4 is 23.2 Å². The average molecular weight is 362 g/mol. The van der Waals surface area contributed by atoms with Crippen molar-refractivity contribution in [2.75, 3.05) is 25.0 Å². The molecule has 0 aromatic heterocycles. The van der Waals surface area contributed by atoms with Crippen LogP contribution in [-0.2, 0) is 4.79 Å². The molecule has 1 amide bonds. The first kappa shape index (κ1) is 17.6. The molecule has 5 nitrogen and oxygen atoms in total. The second-order valence-electron chi connectivity index (χ2n) is 7.25. The third kappa shape index (κ3) is 3.43. The van der Waals surface area contributed by atoms with E-state index in [4.69, 9.17) is 0 Å². The Bertz CT molecular complexity index is 931. The molecule has 5 heteroatoms. The number of nitrogens with one attached hydrogen (secondary N) is 1. The second-order valence-corrected chi connectivity index (χ2v) is 7.25. The molecule has 4 rings (SSSR count). The molecule has 0 unspecified atom stereocenters. The Kier molecular flexibility index (Phi) is 4.62. The van der Waals surface area contributed by atoms with Crippen LogP contribution in [0, 0.1) is 5.92 Å². The monoisotopic (exact) mass is 362 g/mol. The van der Waals surface area contributed by atoms with Gasteiger partial charge in [-0.25, -0.2) is 0 Å². The predicted octanol–water partition coefficient (Wildman–Crippen LogP) is 3.13. The highest BCUT2D eigenvalue weighted by atomic mass is 16.2. The van der Waals surface area contributed by atoms with Crippen molar-refractivity contribution in [2.45, 2.75) is 19.8 Å². The molecule has 0 atom stereocenters. The fourth-order valence-corrected chi connectivity index (χ4v) is 3.61. The van der Waals surface area contributed by atoms with Crippen LogP contribution in [0.2, 0.25) is 0 Å². The van der Waals surface area contributed by atoms with E-state index in [0.717, 1.165) is 13.1 Å². The maximum Gasteiger partial charge on any atom is 0.238 e. The number of fused-ring (bicyclic) bond motifs is 2. The number of amides is 1. The number of nitrogens with zero attached hydrogens (tertiary/aromatic N) is 1. The van der Waals surface area contributed by atoms with Crippen LogP contribution in [0.4, 0.5) is 5.69 Å². The zero-order valence-electron chi connectivity index (χ0n) is 15.3. The van der Waals surface area contributed by atoms with Gasteiger partial charge in [0.2, 0.25) is 5.91 Å². The molecule has 2 aliphatic rings. The van der Waals surface area contributed by atoms with Gasteiger partial charge in [0, 0.05) is 23.2 Å². The van der Waals surface area contributed by atoms with Crippen LogP contribution in [0.1, 0.15) is 51.6 Å². The summed E-state index contributed by atoms with van der Waals surface area (Å²) in [5, 5.41) is 2.86. The summed E-state index contributed by atoms with van der Waals surface area (Å²) in [6.45, 7) is 4.07. The van der Waals surface area contributed by atoms with E-state index in [1.54, 1.807) is 42.5 Å². The Hall–Kier alpha value is -2.79. The van der Waals surface area contributed by atoms with Crippen LogP contribution >= 0.6 is 0 Å². The van der Waals surface area contributed by atoms with Crippen molar-refractivity contribution in [3.05, 3.63) is 64.7 Å². The first-order valence-corrected chi connectivity index (χ1v) is 9.42. The van der Waals surface area contributed by atoms with E-state index in [0.29, 0.717) is 33.9 Å². The minimum Gasteiger partial charge on any atom is -0.324 e. The van der Waals surface area contributed by atoms with Gasteiger partial charge < -0.3 is 5.32 Å². The molecule has 27 heavy (non-hydrogen) atoms. The van der Waals surface area contributed by atoms with Crippen molar-refractivity contribution in [3.8, 4) is 0 Å². The maximum absolute atomic E-state index is 13.0. The SMILES string of the molecule is CCN(CC(=O)Nc1cccc2c1C(=O)c1ccccc1C2=O)CC1CC1. The zero-order chi connectivity index (χ0) is 19.0. The molecule has 1 saturated carbocycles. The molecule has 0 aliphatic heterocycles. The summed E-state index contributed by atoms with van der Waals surface area (Å²) in [4.78, 5) is 40.4. The fraction of sp³-hybridized carbons (Fsp3) is 0.318. The highest BCUT2D eigenvalue weighted by Crippen LogP contribution is 2.32. The summed E-state index contributed by atoms with van der Waals surface area (Å²) >= 11 is 0. The lowest BCUT2D eigenvalue weighted by atomic mass is 9.83. The molecular formula is C22H22N2O3. The van der Waals surface area contributed by atoms with Gasteiger partial charge >= 0.3 is 0 Å². The van der Waals surface area contributed by atoms with Crippen LogP contribution < -0.4 is 5.32 Å². The van der Waals surface area contributed by atoms with E-state index in [9.17, 15) is 14.4 Å².